The normalized spacial score (nSPS) is 20.9. The number of nitrogens with one attached hydrogen (secondary N) is 3. The molecule has 3 amide bonds. The third kappa shape index (κ3) is 7.32. The molecule has 3 fully saturated rings. The van der Waals surface area contributed by atoms with Gasteiger partial charge in [-0.1, -0.05) is 35.5 Å². The SMILES string of the molecule is CO[C@H](C)CC(=O)N1CCC[C@H]1C(=O)Nc1noc2cc(-c3ccc(-c4cnc([C@@H]5CCCN5C(=O)[C@@H](NC5OCO5)[C@@H](C)OC)[nH]4)cc3)ccc12. The number of carbonyl (C=O) groups is 3. The van der Waals surface area contributed by atoms with E-state index in [9.17, 15) is 14.4 Å². The third-order valence-electron chi connectivity index (χ3n) is 10.3. The van der Waals surface area contributed by atoms with Crippen LogP contribution < -0.4 is 10.6 Å². The van der Waals surface area contributed by atoms with Gasteiger partial charge in [-0.25, -0.2) is 4.98 Å². The van der Waals surface area contributed by atoms with Crippen LogP contribution in [0.25, 0.3) is 33.4 Å². The summed E-state index contributed by atoms with van der Waals surface area (Å²) in [6, 6.07) is 12.4. The Hall–Kier alpha value is -4.67. The number of imidazole rings is 1. The molecular weight excluding hydrogens is 670 g/mol. The highest BCUT2D eigenvalue weighted by Gasteiger charge is 2.40. The Morgan fingerprint density at radius 1 is 0.962 bits per heavy atom. The molecule has 5 atom stereocenters. The van der Waals surface area contributed by atoms with Crippen LogP contribution >= 0.6 is 0 Å². The Morgan fingerprint density at radius 2 is 1.69 bits per heavy atom. The lowest BCUT2D eigenvalue weighted by Gasteiger charge is -2.35. The maximum absolute atomic E-state index is 13.7. The summed E-state index contributed by atoms with van der Waals surface area (Å²) in [6.45, 7) is 5.03. The lowest BCUT2D eigenvalue weighted by Crippen LogP contribution is -2.58. The van der Waals surface area contributed by atoms with Gasteiger partial charge in [-0.15, -0.1) is 0 Å². The number of nitrogens with zero attached hydrogens (tertiary/aromatic N) is 4. The second-order valence-corrected chi connectivity index (χ2v) is 13.5. The maximum Gasteiger partial charge on any atom is 0.248 e. The molecule has 3 aliphatic rings. The number of amides is 3. The fourth-order valence-corrected chi connectivity index (χ4v) is 7.10. The van der Waals surface area contributed by atoms with Crippen molar-refractivity contribution in [2.45, 2.75) is 82.7 Å². The largest absolute Gasteiger partial charge is 0.381 e. The van der Waals surface area contributed by atoms with Gasteiger partial charge in [-0.3, -0.25) is 19.7 Å². The molecule has 5 heterocycles. The van der Waals surface area contributed by atoms with Gasteiger partial charge >= 0.3 is 0 Å². The highest BCUT2D eigenvalue weighted by Crippen LogP contribution is 2.34. The van der Waals surface area contributed by atoms with Crippen molar-refractivity contribution >= 4 is 34.5 Å². The number of aromatic amines is 1. The summed E-state index contributed by atoms with van der Waals surface area (Å²) in [5.74, 6) is 0.591. The number of rotatable bonds is 13. The van der Waals surface area contributed by atoms with Crippen LogP contribution in [0, 0.1) is 0 Å². The van der Waals surface area contributed by atoms with Crippen LogP contribution in [0.1, 0.15) is 57.8 Å². The molecule has 276 valence electrons. The van der Waals surface area contributed by atoms with Crippen molar-refractivity contribution in [1.29, 1.82) is 0 Å². The smallest absolute Gasteiger partial charge is 0.248 e. The van der Waals surface area contributed by atoms with E-state index < -0.39 is 18.5 Å². The zero-order valence-electron chi connectivity index (χ0n) is 29.8. The van der Waals surface area contributed by atoms with Crippen LogP contribution in [0.3, 0.4) is 0 Å². The first kappa shape index (κ1) is 35.7. The molecule has 3 aliphatic heterocycles. The fraction of sp³-hybridized carbons (Fsp3) is 0.486. The quantitative estimate of drug-likeness (QED) is 0.181. The van der Waals surface area contributed by atoms with Crippen molar-refractivity contribution in [3.8, 4) is 22.4 Å². The van der Waals surface area contributed by atoms with Crippen molar-refractivity contribution in [1.82, 2.24) is 30.2 Å². The van der Waals surface area contributed by atoms with E-state index in [0.29, 0.717) is 36.3 Å². The molecule has 0 saturated carbocycles. The van der Waals surface area contributed by atoms with E-state index in [4.69, 9.17) is 23.5 Å². The monoisotopic (exact) mass is 715 g/mol. The van der Waals surface area contributed by atoms with Gasteiger partial charge in [0, 0.05) is 27.3 Å². The summed E-state index contributed by atoms with van der Waals surface area (Å²) in [5, 5.41) is 10.8. The molecule has 2 aromatic heterocycles. The lowest BCUT2D eigenvalue weighted by atomic mass is 10.0. The van der Waals surface area contributed by atoms with Gasteiger partial charge in [0.05, 0.1) is 41.9 Å². The van der Waals surface area contributed by atoms with E-state index in [1.54, 1.807) is 25.3 Å². The summed E-state index contributed by atoms with van der Waals surface area (Å²) in [6.07, 6.45) is 3.80. The molecule has 0 aliphatic carbocycles. The first-order chi connectivity index (χ1) is 25.2. The summed E-state index contributed by atoms with van der Waals surface area (Å²) in [7, 11) is 3.14. The van der Waals surface area contributed by atoms with Gasteiger partial charge in [-0.05, 0) is 68.4 Å². The number of anilines is 1. The number of hydrogen-bond acceptors (Lipinski definition) is 11. The van der Waals surface area contributed by atoms with Crippen LogP contribution in [0.4, 0.5) is 5.82 Å². The zero-order valence-corrected chi connectivity index (χ0v) is 29.8. The Bertz CT molecular complexity index is 1890. The fourth-order valence-electron chi connectivity index (χ4n) is 7.10. The second kappa shape index (κ2) is 15.5. The van der Waals surface area contributed by atoms with E-state index >= 15 is 0 Å². The average molecular weight is 716 g/mol. The molecule has 15 heteroatoms. The van der Waals surface area contributed by atoms with Crippen LogP contribution in [-0.2, 0) is 33.3 Å². The van der Waals surface area contributed by atoms with Gasteiger partial charge in [0.25, 0.3) is 0 Å². The number of fused-ring (bicyclic) bond motifs is 1. The summed E-state index contributed by atoms with van der Waals surface area (Å²) < 4.78 is 27.0. The number of hydrogen-bond donors (Lipinski definition) is 3. The van der Waals surface area contributed by atoms with Gasteiger partial charge in [-0.2, -0.15) is 0 Å². The van der Waals surface area contributed by atoms with Gasteiger partial charge in [0.1, 0.15) is 17.9 Å². The Kier molecular flexibility index (Phi) is 10.7. The van der Waals surface area contributed by atoms with E-state index in [-0.39, 0.29) is 49.2 Å². The molecule has 0 unspecified atom stereocenters. The molecule has 3 saturated heterocycles. The van der Waals surface area contributed by atoms with Gasteiger partial charge in [0.15, 0.2) is 18.2 Å². The number of benzene rings is 2. The molecule has 7 rings (SSSR count). The molecule has 3 N–H and O–H groups in total. The number of likely N-dealkylation sites (tertiary alicyclic amines) is 2. The van der Waals surface area contributed by atoms with Crippen molar-refractivity contribution < 1.29 is 37.9 Å². The molecule has 0 radical (unpaired) electrons. The minimum Gasteiger partial charge on any atom is -0.381 e. The third-order valence-corrected chi connectivity index (χ3v) is 10.3. The first-order valence-electron chi connectivity index (χ1n) is 17.7. The number of carbonyl (C=O) groups excluding carboxylic acids is 3. The van der Waals surface area contributed by atoms with Crippen molar-refractivity contribution in [3.05, 3.63) is 54.5 Å². The van der Waals surface area contributed by atoms with Crippen LogP contribution in [0.2, 0.25) is 0 Å². The molecule has 0 spiro atoms. The van der Waals surface area contributed by atoms with Crippen molar-refractivity contribution in [2.75, 3.05) is 39.4 Å². The van der Waals surface area contributed by atoms with E-state index in [1.807, 2.05) is 61.2 Å². The maximum atomic E-state index is 13.7. The van der Waals surface area contributed by atoms with E-state index in [1.165, 1.54) is 0 Å². The minimum absolute atomic E-state index is 0.0863. The van der Waals surface area contributed by atoms with Crippen LogP contribution in [0.5, 0.6) is 0 Å². The highest BCUT2D eigenvalue weighted by atomic mass is 16.9. The molecule has 15 nitrogen and oxygen atoms in total. The zero-order chi connectivity index (χ0) is 36.4. The minimum atomic E-state index is -0.630. The molecule has 2 aromatic carbocycles. The molecular formula is C37H45N7O8. The summed E-state index contributed by atoms with van der Waals surface area (Å²) in [5.41, 5.74) is 4.22. The lowest BCUT2D eigenvalue weighted by molar-refractivity contribution is -0.336. The summed E-state index contributed by atoms with van der Waals surface area (Å²) >= 11 is 0. The number of H-pyrrole nitrogens is 1. The van der Waals surface area contributed by atoms with Gasteiger partial charge in [0.2, 0.25) is 24.1 Å². The number of ether oxygens (including phenoxy) is 4. The second-order valence-electron chi connectivity index (χ2n) is 13.5. The predicted octanol–water partition coefficient (Wildman–Crippen LogP) is 4.18. The Balaban J connectivity index is 1.01. The molecule has 4 aromatic rings. The standard InChI is InChI=1S/C37H45N7O8/c1-21(48-3)17-31(45)43-15-6-8-29(43)35(46)41-33-26-14-13-25(18-30(26)52-42-33)23-9-11-24(12-10-23)27-19-38-34(39-27)28-7-5-16-44(28)36(47)32(22(2)49-4)40-37-50-20-51-37/h9-14,18-19,21-22,28-29,32,37,40H,5-8,15-17,20H2,1-4H3,(H,38,39)(H,41,42,46)/t21-,22-,28+,29+,32+/m1/s1. The average Bonchev–Trinajstić information content (AvgIpc) is 3.97. The van der Waals surface area contributed by atoms with Crippen LogP contribution in [-0.4, -0.2) is 107 Å². The predicted molar refractivity (Wildman–Crippen MR) is 189 cm³/mol. The van der Waals surface area contributed by atoms with Crippen LogP contribution in [0.15, 0.2) is 53.2 Å². The van der Waals surface area contributed by atoms with E-state index in [0.717, 1.165) is 47.5 Å². The number of aromatic nitrogens is 3. The summed E-state index contributed by atoms with van der Waals surface area (Å²) in [4.78, 5) is 51.3. The highest BCUT2D eigenvalue weighted by molar-refractivity contribution is 6.03. The molecule has 52 heavy (non-hydrogen) atoms. The van der Waals surface area contributed by atoms with Crippen molar-refractivity contribution in [2.24, 2.45) is 0 Å². The topological polar surface area (TPSA) is 173 Å². The molecule has 0 bridgehead atoms. The number of methoxy groups -OCH3 is 2. The van der Waals surface area contributed by atoms with Crippen molar-refractivity contribution in [3.63, 3.8) is 0 Å². The first-order valence-corrected chi connectivity index (χ1v) is 17.7. The Morgan fingerprint density at radius 3 is 2.42 bits per heavy atom. The Labute approximate surface area is 301 Å². The van der Waals surface area contributed by atoms with Gasteiger partial charge < -0.3 is 43.6 Å². The van der Waals surface area contributed by atoms with E-state index in [2.05, 4.69) is 25.8 Å².